The minimum Gasteiger partial charge on any atom is -0.490 e. The maximum Gasteiger partial charge on any atom is 0.355 e. The van der Waals surface area contributed by atoms with Crippen LogP contribution in [0.4, 0.5) is 0 Å². The first-order valence-electron chi connectivity index (χ1n) is 9.42. The van der Waals surface area contributed by atoms with Gasteiger partial charge in [0, 0.05) is 17.5 Å². The number of hydrogen-bond donors (Lipinski definition) is 0. The Balaban J connectivity index is 1.67. The lowest BCUT2D eigenvalue weighted by atomic mass is 10.0. The van der Waals surface area contributed by atoms with Crippen LogP contribution in [0.5, 0.6) is 5.75 Å². The Hall–Kier alpha value is -3.41. The van der Waals surface area contributed by atoms with Gasteiger partial charge in [0.2, 0.25) is 0 Å². The molecule has 0 spiro atoms. The van der Waals surface area contributed by atoms with Gasteiger partial charge in [-0.3, -0.25) is 4.40 Å². The molecule has 0 aliphatic heterocycles. The van der Waals surface area contributed by atoms with Crippen LogP contribution in [0.3, 0.4) is 0 Å². The van der Waals surface area contributed by atoms with Gasteiger partial charge in [-0.25, -0.2) is 9.78 Å². The van der Waals surface area contributed by atoms with Crippen LogP contribution in [0, 0.1) is 13.8 Å². The van der Waals surface area contributed by atoms with Crippen LogP contribution in [0.15, 0.2) is 59.7 Å². The molecule has 0 radical (unpaired) electrons. The van der Waals surface area contributed by atoms with E-state index in [0.717, 1.165) is 46.5 Å². The van der Waals surface area contributed by atoms with Crippen LogP contribution in [0.25, 0.3) is 22.5 Å². The summed E-state index contributed by atoms with van der Waals surface area (Å²) in [7, 11) is 0. The third-order valence-electron chi connectivity index (χ3n) is 5.21. The summed E-state index contributed by atoms with van der Waals surface area (Å²) >= 11 is 0. The summed E-state index contributed by atoms with van der Waals surface area (Å²) in [5.41, 5.74) is 4.57. The number of pyridine rings is 1. The van der Waals surface area contributed by atoms with Gasteiger partial charge in [0.1, 0.15) is 5.75 Å². The fraction of sp³-hybridized carbons (Fsp3) is 0.227. The molecular formula is C22H20N4O2. The second-order valence-electron chi connectivity index (χ2n) is 7.18. The highest BCUT2D eigenvalue weighted by molar-refractivity contribution is 5.77. The molecule has 0 atom stereocenters. The van der Waals surface area contributed by atoms with Crippen molar-refractivity contribution >= 4 is 5.52 Å². The van der Waals surface area contributed by atoms with Gasteiger partial charge in [0.05, 0.1) is 17.8 Å². The van der Waals surface area contributed by atoms with Crippen molar-refractivity contribution < 1.29 is 4.74 Å². The molecule has 1 aliphatic rings. The van der Waals surface area contributed by atoms with Gasteiger partial charge in [0.25, 0.3) is 0 Å². The summed E-state index contributed by atoms with van der Waals surface area (Å²) in [5.74, 6) is 1.42. The van der Waals surface area contributed by atoms with Crippen LogP contribution < -0.4 is 10.4 Å². The molecule has 4 aromatic rings. The number of aromatic nitrogens is 4. The maximum atomic E-state index is 13.1. The topological polar surface area (TPSA) is 61.4 Å². The number of ether oxygens (including phenoxy) is 1. The molecule has 1 aliphatic carbocycles. The van der Waals surface area contributed by atoms with E-state index < -0.39 is 0 Å². The zero-order valence-electron chi connectivity index (χ0n) is 15.8. The minimum absolute atomic E-state index is 0.233. The number of nitrogens with zero attached hydrogens (tertiary/aromatic N) is 4. The normalized spacial score (nSPS) is 13.8. The molecule has 6 nitrogen and oxygen atoms in total. The van der Waals surface area contributed by atoms with Crippen LogP contribution >= 0.6 is 0 Å². The van der Waals surface area contributed by atoms with Gasteiger partial charge in [0.15, 0.2) is 5.82 Å². The average molecular weight is 372 g/mol. The van der Waals surface area contributed by atoms with Crippen molar-refractivity contribution in [2.24, 2.45) is 0 Å². The molecule has 6 heteroatoms. The van der Waals surface area contributed by atoms with Crippen molar-refractivity contribution in [2.45, 2.75) is 32.8 Å². The summed E-state index contributed by atoms with van der Waals surface area (Å²) in [5, 5.41) is 4.31. The molecule has 3 aromatic heterocycles. The van der Waals surface area contributed by atoms with Crippen LogP contribution in [0.1, 0.15) is 24.1 Å². The molecule has 0 N–H and O–H groups in total. The Bertz CT molecular complexity index is 1240. The SMILES string of the molecule is Cc1c(OC2CC2)cccc1-c1cc2cnn(-c3ccccn3)c(=O)n2c1C. The van der Waals surface area contributed by atoms with Gasteiger partial charge in [-0.1, -0.05) is 18.2 Å². The van der Waals surface area contributed by atoms with Gasteiger partial charge in [-0.15, -0.1) is 0 Å². The van der Waals surface area contributed by atoms with Crippen molar-refractivity contribution in [1.29, 1.82) is 0 Å². The highest BCUT2D eigenvalue weighted by Gasteiger charge is 2.25. The lowest BCUT2D eigenvalue weighted by Crippen LogP contribution is -2.28. The van der Waals surface area contributed by atoms with Gasteiger partial charge in [-0.05, 0) is 62.1 Å². The van der Waals surface area contributed by atoms with Crippen molar-refractivity contribution in [3.8, 4) is 22.7 Å². The predicted octanol–water partition coefficient (Wildman–Crippen LogP) is 3.71. The molecule has 28 heavy (non-hydrogen) atoms. The van der Waals surface area contributed by atoms with E-state index in [2.05, 4.69) is 23.1 Å². The molecule has 140 valence electrons. The maximum absolute atomic E-state index is 13.1. The van der Waals surface area contributed by atoms with Gasteiger partial charge in [-0.2, -0.15) is 9.78 Å². The first-order valence-corrected chi connectivity index (χ1v) is 9.42. The Kier molecular flexibility index (Phi) is 3.79. The van der Waals surface area contributed by atoms with Crippen molar-refractivity contribution in [2.75, 3.05) is 0 Å². The van der Waals surface area contributed by atoms with E-state index in [0.29, 0.717) is 11.9 Å². The van der Waals surface area contributed by atoms with Crippen molar-refractivity contribution in [1.82, 2.24) is 19.2 Å². The lowest BCUT2D eigenvalue weighted by Gasteiger charge is -2.12. The van der Waals surface area contributed by atoms with Gasteiger partial charge >= 0.3 is 5.69 Å². The summed E-state index contributed by atoms with van der Waals surface area (Å²) in [4.78, 5) is 17.3. The third-order valence-corrected chi connectivity index (χ3v) is 5.21. The number of aryl methyl sites for hydroxylation is 1. The van der Waals surface area contributed by atoms with E-state index in [4.69, 9.17) is 4.74 Å². The average Bonchev–Trinajstić information content (AvgIpc) is 3.46. The summed E-state index contributed by atoms with van der Waals surface area (Å²) in [6, 6.07) is 13.5. The minimum atomic E-state index is -0.233. The van der Waals surface area contributed by atoms with E-state index in [1.165, 1.54) is 4.68 Å². The first-order chi connectivity index (χ1) is 13.6. The van der Waals surface area contributed by atoms with E-state index in [9.17, 15) is 4.79 Å². The van der Waals surface area contributed by atoms with E-state index in [-0.39, 0.29) is 5.69 Å². The molecule has 0 saturated heterocycles. The predicted molar refractivity (Wildman–Crippen MR) is 107 cm³/mol. The van der Waals surface area contributed by atoms with E-state index in [1.807, 2.05) is 37.3 Å². The largest absolute Gasteiger partial charge is 0.490 e. The highest BCUT2D eigenvalue weighted by Crippen LogP contribution is 2.36. The smallest absolute Gasteiger partial charge is 0.355 e. The second kappa shape index (κ2) is 6.34. The molecule has 3 heterocycles. The monoisotopic (exact) mass is 372 g/mol. The Morgan fingerprint density at radius 2 is 1.93 bits per heavy atom. The molecule has 0 bridgehead atoms. The van der Waals surface area contributed by atoms with Crippen LogP contribution in [0.2, 0.25) is 0 Å². The number of fused-ring (bicyclic) bond motifs is 1. The van der Waals surface area contributed by atoms with E-state index >= 15 is 0 Å². The highest BCUT2D eigenvalue weighted by atomic mass is 16.5. The summed E-state index contributed by atoms with van der Waals surface area (Å²) in [6.45, 7) is 4.03. The number of hydrogen-bond acceptors (Lipinski definition) is 4. The molecule has 1 aromatic carbocycles. The molecule has 0 unspecified atom stereocenters. The summed E-state index contributed by atoms with van der Waals surface area (Å²) < 4.78 is 9.05. The first kappa shape index (κ1) is 16.7. The van der Waals surface area contributed by atoms with Crippen LogP contribution in [-0.2, 0) is 0 Å². The molecular weight excluding hydrogens is 352 g/mol. The Labute approximate surface area is 162 Å². The number of benzene rings is 1. The van der Waals surface area contributed by atoms with Crippen LogP contribution in [-0.4, -0.2) is 25.3 Å². The summed E-state index contributed by atoms with van der Waals surface area (Å²) in [6.07, 6.45) is 5.94. The molecule has 1 fully saturated rings. The second-order valence-corrected chi connectivity index (χ2v) is 7.18. The zero-order chi connectivity index (χ0) is 19.3. The Morgan fingerprint density at radius 1 is 1.07 bits per heavy atom. The molecule has 5 rings (SSSR count). The fourth-order valence-corrected chi connectivity index (χ4v) is 3.55. The quantitative estimate of drug-likeness (QED) is 0.548. The number of rotatable bonds is 4. The van der Waals surface area contributed by atoms with E-state index in [1.54, 1.807) is 22.9 Å². The third kappa shape index (κ3) is 2.69. The standard InChI is InChI=1S/C22H20N4O2/c1-14-18(6-5-7-20(14)28-17-9-10-17)19-12-16-13-24-26(21-8-3-4-11-23-21)22(27)25(16)15(19)2/h3-8,11-13,17H,9-10H2,1-2H3. The zero-order valence-corrected chi connectivity index (χ0v) is 15.8. The lowest BCUT2D eigenvalue weighted by molar-refractivity contribution is 0.301. The molecule has 1 saturated carbocycles. The van der Waals surface area contributed by atoms with Gasteiger partial charge < -0.3 is 4.74 Å². The van der Waals surface area contributed by atoms with Crippen molar-refractivity contribution in [3.63, 3.8) is 0 Å². The fourth-order valence-electron chi connectivity index (χ4n) is 3.55. The molecule has 0 amide bonds. The van der Waals surface area contributed by atoms with Crippen molar-refractivity contribution in [3.05, 3.63) is 76.6 Å². The Morgan fingerprint density at radius 3 is 2.68 bits per heavy atom.